The Hall–Kier alpha value is -4.68. The Labute approximate surface area is 374 Å². The molecule has 2 aliphatic carbocycles. The summed E-state index contributed by atoms with van der Waals surface area (Å²) in [6.45, 7) is 9.55. The van der Waals surface area contributed by atoms with Crippen molar-refractivity contribution in [1.82, 2.24) is 25.2 Å². The fourth-order valence-electron chi connectivity index (χ4n) is 7.57. The third-order valence-electron chi connectivity index (χ3n) is 11.4. The summed E-state index contributed by atoms with van der Waals surface area (Å²) >= 11 is 8.41. The van der Waals surface area contributed by atoms with Gasteiger partial charge in [-0.2, -0.15) is 0 Å². The molecule has 61 heavy (non-hydrogen) atoms. The molecule has 0 unspecified atom stereocenters. The Morgan fingerprint density at radius 1 is 0.967 bits per heavy atom. The maximum absolute atomic E-state index is 14.9. The van der Waals surface area contributed by atoms with Gasteiger partial charge in [-0.3, -0.25) is 23.9 Å². The van der Waals surface area contributed by atoms with Crippen LogP contribution in [0.1, 0.15) is 76.2 Å². The lowest BCUT2D eigenvalue weighted by molar-refractivity contribution is -0.141. The molecule has 14 nitrogen and oxygen atoms in total. The molecular formula is C44H50ClIN6O8S. The van der Waals surface area contributed by atoms with Crippen LogP contribution in [0, 0.1) is 5.41 Å². The normalized spacial score (nSPS) is 21.9. The van der Waals surface area contributed by atoms with Gasteiger partial charge in [-0.1, -0.05) is 85.3 Å². The van der Waals surface area contributed by atoms with E-state index in [-0.39, 0.29) is 35.1 Å². The van der Waals surface area contributed by atoms with Crippen LogP contribution >= 0.6 is 34.2 Å². The fraction of sp³-hybridized carbons (Fsp3) is 0.432. The van der Waals surface area contributed by atoms with Gasteiger partial charge in [0.25, 0.3) is 11.8 Å². The zero-order valence-electron chi connectivity index (χ0n) is 34.8. The number of likely N-dealkylation sites (tertiary alicyclic amines) is 1. The van der Waals surface area contributed by atoms with E-state index < -0.39 is 67.7 Å². The Balaban J connectivity index is 1.14. The fourth-order valence-corrected chi connectivity index (χ4v) is 10.2. The van der Waals surface area contributed by atoms with Gasteiger partial charge in [0, 0.05) is 37.4 Å². The molecule has 324 valence electrons. The van der Waals surface area contributed by atoms with Crippen LogP contribution in [0.15, 0.2) is 79.0 Å². The predicted molar refractivity (Wildman–Crippen MR) is 241 cm³/mol. The molecule has 4 aromatic rings. The number of aromatic nitrogens is 1. The number of alkyl halides is 1. The molecule has 3 fully saturated rings. The standard InChI is InChI=1S/C44H50ClIN6O8S/c1-42(2,3)36(48-28-15-12-25(13-16-28)37(53)49-43(4,5)26-10-8-7-9-11-26)40(55)52-24-29(60-39-32-20-27(45)14-19-31(32)34(59-6)23-47-39)21-33(52)38(54)50-44(22-35(44)46)41(56)51-61(57,58)30-17-18-30/h7-16,19-20,23,29-30,33,35-36,48H,17-18,21-22,24H2,1-6H3,(H,49,53)(H,50,54)(H,51,56)/t29-,33+,35-,36-,44-/m1/s1. The number of hydrogen-bond donors (Lipinski definition) is 4. The minimum absolute atomic E-state index is 0.0137. The molecular weight excluding hydrogens is 935 g/mol. The Bertz CT molecular complexity index is 2460. The number of nitrogens with zero attached hydrogens (tertiary/aromatic N) is 2. The van der Waals surface area contributed by atoms with Gasteiger partial charge < -0.3 is 30.3 Å². The second kappa shape index (κ2) is 16.9. The van der Waals surface area contributed by atoms with Crippen molar-refractivity contribution >= 4 is 84.3 Å². The summed E-state index contributed by atoms with van der Waals surface area (Å²) in [5.41, 5.74) is -0.828. The average molecular weight is 985 g/mol. The maximum Gasteiger partial charge on any atom is 0.260 e. The summed E-state index contributed by atoms with van der Waals surface area (Å²) in [6.07, 6.45) is 2.00. The molecule has 4 N–H and O–H groups in total. The van der Waals surface area contributed by atoms with Crippen molar-refractivity contribution < 1.29 is 37.1 Å². The highest BCUT2D eigenvalue weighted by Gasteiger charge is 2.62. The summed E-state index contributed by atoms with van der Waals surface area (Å²) in [5.74, 6) is -1.34. The molecule has 4 amide bonds. The lowest BCUT2D eigenvalue weighted by Gasteiger charge is -2.36. The molecule has 2 heterocycles. The van der Waals surface area contributed by atoms with Gasteiger partial charge in [0.1, 0.15) is 29.5 Å². The number of anilines is 1. The number of amides is 4. The number of methoxy groups -OCH3 is 1. The molecule has 2 saturated carbocycles. The number of pyridine rings is 1. The van der Waals surface area contributed by atoms with Gasteiger partial charge in [-0.25, -0.2) is 13.4 Å². The zero-order chi connectivity index (χ0) is 44.1. The Kier molecular flexibility index (Phi) is 12.3. The van der Waals surface area contributed by atoms with Crippen LogP contribution < -0.4 is 30.1 Å². The molecule has 1 aromatic heterocycles. The Morgan fingerprint density at radius 2 is 1.64 bits per heavy atom. The maximum atomic E-state index is 14.9. The third-order valence-corrected chi connectivity index (χ3v) is 15.0. The van der Waals surface area contributed by atoms with Crippen molar-refractivity contribution in [3.05, 3.63) is 95.1 Å². The van der Waals surface area contributed by atoms with Crippen molar-refractivity contribution in [1.29, 1.82) is 0 Å². The molecule has 1 saturated heterocycles. The van der Waals surface area contributed by atoms with Gasteiger partial charge in [0.2, 0.25) is 27.7 Å². The van der Waals surface area contributed by atoms with E-state index in [1.807, 2.05) is 87.5 Å². The van der Waals surface area contributed by atoms with E-state index in [1.165, 1.54) is 18.2 Å². The lowest BCUT2D eigenvalue weighted by Crippen LogP contribution is -2.58. The van der Waals surface area contributed by atoms with Crippen molar-refractivity contribution in [2.75, 3.05) is 19.0 Å². The number of benzene rings is 3. The summed E-state index contributed by atoms with van der Waals surface area (Å²) in [7, 11) is -2.35. The summed E-state index contributed by atoms with van der Waals surface area (Å²) in [4.78, 5) is 62.2. The minimum Gasteiger partial charge on any atom is -0.494 e. The molecule has 3 aliphatic rings. The number of halogens is 2. The number of carbonyl (C=O) groups excluding carboxylic acids is 4. The molecule has 3 aromatic carbocycles. The second-order valence-corrected chi connectivity index (χ2v) is 21.5. The molecule has 5 atom stereocenters. The van der Waals surface area contributed by atoms with Gasteiger partial charge in [0.05, 0.1) is 30.6 Å². The monoisotopic (exact) mass is 984 g/mol. The third kappa shape index (κ3) is 9.55. The second-order valence-electron chi connectivity index (χ2n) is 17.6. The van der Waals surface area contributed by atoms with Crippen LogP contribution in [0.25, 0.3) is 10.8 Å². The van der Waals surface area contributed by atoms with Gasteiger partial charge in [0.15, 0.2) is 0 Å². The first-order valence-corrected chi connectivity index (χ1v) is 23.3. The van der Waals surface area contributed by atoms with Gasteiger partial charge >= 0.3 is 0 Å². The first-order chi connectivity index (χ1) is 28.7. The molecule has 0 bridgehead atoms. The van der Waals surface area contributed by atoms with E-state index in [0.29, 0.717) is 45.6 Å². The van der Waals surface area contributed by atoms with Crippen molar-refractivity contribution in [2.24, 2.45) is 5.41 Å². The van der Waals surface area contributed by atoms with E-state index in [1.54, 1.807) is 42.5 Å². The topological polar surface area (TPSA) is 185 Å². The molecule has 17 heteroatoms. The Morgan fingerprint density at radius 3 is 2.25 bits per heavy atom. The summed E-state index contributed by atoms with van der Waals surface area (Å²) in [6, 6.07) is 19.7. The van der Waals surface area contributed by atoms with Crippen LogP contribution in [-0.2, 0) is 29.9 Å². The number of rotatable bonds is 14. The highest BCUT2D eigenvalue weighted by molar-refractivity contribution is 14.1. The molecule has 1 aliphatic heterocycles. The quantitative estimate of drug-likeness (QED) is 0.0850. The van der Waals surface area contributed by atoms with E-state index in [0.717, 1.165) is 5.56 Å². The number of hydrogen-bond acceptors (Lipinski definition) is 10. The largest absolute Gasteiger partial charge is 0.494 e. The van der Waals surface area contributed by atoms with Gasteiger partial charge in [-0.05, 0) is 86.6 Å². The molecule has 0 spiro atoms. The summed E-state index contributed by atoms with van der Waals surface area (Å²) in [5, 5.41) is 10.4. The van der Waals surface area contributed by atoms with Crippen LogP contribution in [0.5, 0.6) is 11.6 Å². The van der Waals surface area contributed by atoms with Crippen molar-refractivity contribution in [3.8, 4) is 11.6 Å². The lowest BCUT2D eigenvalue weighted by atomic mass is 9.85. The number of ether oxygens (including phenoxy) is 2. The van der Waals surface area contributed by atoms with E-state index >= 15 is 0 Å². The van der Waals surface area contributed by atoms with Crippen LogP contribution in [0.2, 0.25) is 5.02 Å². The van der Waals surface area contributed by atoms with Crippen molar-refractivity contribution in [2.45, 2.75) is 98.7 Å². The van der Waals surface area contributed by atoms with E-state index in [9.17, 15) is 27.6 Å². The minimum atomic E-state index is -3.88. The highest BCUT2D eigenvalue weighted by atomic mass is 127. The van der Waals surface area contributed by atoms with Crippen LogP contribution in [-0.4, -0.2) is 88.5 Å². The number of sulfonamides is 1. The van der Waals surface area contributed by atoms with E-state index in [2.05, 4.69) is 25.7 Å². The number of nitrogens with one attached hydrogen (secondary N) is 4. The highest BCUT2D eigenvalue weighted by Crippen LogP contribution is 2.45. The number of carbonyl (C=O) groups is 4. The summed E-state index contributed by atoms with van der Waals surface area (Å²) < 4.78 is 39.3. The molecule has 7 rings (SSSR count). The molecule has 0 radical (unpaired) electrons. The first kappa shape index (κ1) is 44.4. The number of fused-ring (bicyclic) bond motifs is 1. The zero-order valence-corrected chi connectivity index (χ0v) is 38.5. The van der Waals surface area contributed by atoms with Crippen LogP contribution in [0.3, 0.4) is 0 Å². The average Bonchev–Trinajstić information content (AvgIpc) is 4.13. The smallest absolute Gasteiger partial charge is 0.260 e. The SMILES string of the molecule is COc1cnc(O[C@@H]2C[C@@H](C(=O)N[C@]3(C(=O)NS(=O)(=O)C4CC4)C[C@H]3I)N(C(=O)[C@@H](Nc3ccc(C(=O)NC(C)(C)c4ccccc4)cc3)C(C)(C)C)C2)c2cc(Cl)ccc12. The predicted octanol–water partition coefficient (Wildman–Crippen LogP) is 6.11. The van der Waals surface area contributed by atoms with Gasteiger partial charge in [-0.15, -0.1) is 0 Å². The van der Waals surface area contributed by atoms with Crippen LogP contribution in [0.4, 0.5) is 5.69 Å². The first-order valence-electron chi connectivity index (χ1n) is 20.1. The van der Waals surface area contributed by atoms with Crippen molar-refractivity contribution in [3.63, 3.8) is 0 Å². The van der Waals surface area contributed by atoms with E-state index in [4.69, 9.17) is 21.1 Å².